The van der Waals surface area contributed by atoms with E-state index in [4.69, 9.17) is 26.6 Å². The summed E-state index contributed by atoms with van der Waals surface area (Å²) in [5, 5.41) is 12.8. The van der Waals surface area contributed by atoms with E-state index in [9.17, 15) is 4.79 Å². The van der Waals surface area contributed by atoms with Crippen molar-refractivity contribution in [2.45, 2.75) is 0 Å². The van der Waals surface area contributed by atoms with Crippen molar-refractivity contribution in [1.29, 1.82) is 5.41 Å². The number of fused-ring (bicyclic) bond motifs is 1. The molecular weight excluding hydrogens is 424 g/mol. The van der Waals surface area contributed by atoms with E-state index in [1.807, 2.05) is 47.8 Å². The minimum absolute atomic E-state index is 0.199. The number of thiophene rings is 1. The molecular formula is C23H20N6O2S. The Morgan fingerprint density at radius 1 is 1.16 bits per heavy atom. The van der Waals surface area contributed by atoms with Gasteiger partial charge in [-0.1, -0.05) is 24.3 Å². The van der Waals surface area contributed by atoms with Gasteiger partial charge in [0.2, 0.25) is 0 Å². The van der Waals surface area contributed by atoms with Gasteiger partial charge in [-0.3, -0.25) is 4.79 Å². The van der Waals surface area contributed by atoms with E-state index in [2.05, 4.69) is 10.3 Å². The van der Waals surface area contributed by atoms with Crippen LogP contribution in [0, 0.1) is 5.41 Å². The number of allylic oxidation sites excluding steroid dienone is 1. The van der Waals surface area contributed by atoms with Gasteiger partial charge in [0.25, 0.3) is 5.91 Å². The van der Waals surface area contributed by atoms with Crippen molar-refractivity contribution in [3.63, 3.8) is 0 Å². The summed E-state index contributed by atoms with van der Waals surface area (Å²) < 4.78 is 6.34. The second-order valence-electron chi connectivity index (χ2n) is 6.78. The molecule has 0 atom stereocenters. The van der Waals surface area contributed by atoms with E-state index < -0.39 is 5.91 Å². The average Bonchev–Trinajstić information content (AvgIpc) is 3.29. The fraction of sp³-hybridized carbons (Fsp3) is 0.0435. The van der Waals surface area contributed by atoms with Gasteiger partial charge in [-0.15, -0.1) is 11.3 Å². The lowest BCUT2D eigenvalue weighted by Crippen LogP contribution is -2.19. The summed E-state index contributed by atoms with van der Waals surface area (Å²) in [5.74, 6) is 1.17. The van der Waals surface area contributed by atoms with Crippen LogP contribution in [-0.2, 0) is 4.79 Å². The minimum Gasteiger partial charge on any atom is -0.484 e. The van der Waals surface area contributed by atoms with Gasteiger partial charge < -0.3 is 26.9 Å². The number of carbonyl (C=O) groups is 1. The van der Waals surface area contributed by atoms with Gasteiger partial charge in [0.05, 0.1) is 10.2 Å². The van der Waals surface area contributed by atoms with Crippen molar-refractivity contribution >= 4 is 50.8 Å². The zero-order valence-electron chi connectivity index (χ0n) is 16.9. The molecule has 0 aliphatic rings. The number of anilines is 2. The molecule has 0 saturated carbocycles. The molecule has 0 spiro atoms. The lowest BCUT2D eigenvalue weighted by Gasteiger charge is -2.11. The van der Waals surface area contributed by atoms with Crippen LogP contribution >= 0.6 is 11.3 Å². The van der Waals surface area contributed by atoms with Crippen LogP contribution in [0.2, 0.25) is 0 Å². The SMILES string of the molecule is N=C/C(=C\N)c1ccc(Nc2nc(-c3cccc(OCC(N)=O)c3)nc3ccsc23)cc1. The number of hydrogen-bond acceptors (Lipinski definition) is 8. The van der Waals surface area contributed by atoms with E-state index in [1.165, 1.54) is 12.4 Å². The largest absolute Gasteiger partial charge is 0.484 e. The molecule has 0 radical (unpaired) electrons. The Morgan fingerprint density at radius 2 is 1.97 bits per heavy atom. The maximum atomic E-state index is 11.0. The van der Waals surface area contributed by atoms with Gasteiger partial charge in [-0.2, -0.15) is 0 Å². The number of nitrogens with zero attached hydrogens (tertiary/aromatic N) is 2. The van der Waals surface area contributed by atoms with E-state index in [0.717, 1.165) is 27.0 Å². The summed E-state index contributed by atoms with van der Waals surface area (Å²) in [5.41, 5.74) is 14.6. The van der Waals surface area contributed by atoms with Gasteiger partial charge in [-0.25, -0.2) is 9.97 Å². The minimum atomic E-state index is -0.543. The van der Waals surface area contributed by atoms with Crippen molar-refractivity contribution in [3.05, 3.63) is 71.7 Å². The third-order valence-corrected chi connectivity index (χ3v) is 5.50. The van der Waals surface area contributed by atoms with Crippen LogP contribution in [0.3, 0.4) is 0 Å². The molecule has 2 heterocycles. The first kappa shape index (κ1) is 21.0. The first-order valence-corrected chi connectivity index (χ1v) is 10.5. The lowest BCUT2D eigenvalue weighted by atomic mass is 10.1. The molecule has 0 aliphatic carbocycles. The average molecular weight is 445 g/mol. The van der Waals surface area contributed by atoms with Crippen LogP contribution in [0.1, 0.15) is 5.56 Å². The number of ether oxygens (including phenoxy) is 1. The molecule has 32 heavy (non-hydrogen) atoms. The fourth-order valence-corrected chi connectivity index (χ4v) is 3.84. The molecule has 0 fully saturated rings. The van der Waals surface area contributed by atoms with Crippen molar-refractivity contribution in [1.82, 2.24) is 9.97 Å². The van der Waals surface area contributed by atoms with Crippen LogP contribution < -0.4 is 21.5 Å². The van der Waals surface area contributed by atoms with Crippen molar-refractivity contribution in [2.75, 3.05) is 11.9 Å². The number of aromatic nitrogens is 2. The van der Waals surface area contributed by atoms with Crippen molar-refractivity contribution < 1.29 is 9.53 Å². The number of nitrogens with one attached hydrogen (secondary N) is 2. The number of amides is 1. The smallest absolute Gasteiger partial charge is 0.255 e. The summed E-state index contributed by atoms with van der Waals surface area (Å²) in [4.78, 5) is 20.4. The molecule has 6 N–H and O–H groups in total. The second kappa shape index (κ2) is 9.27. The van der Waals surface area contributed by atoms with Gasteiger partial charge in [0.15, 0.2) is 18.2 Å². The van der Waals surface area contributed by atoms with Gasteiger partial charge in [-0.05, 0) is 41.3 Å². The van der Waals surface area contributed by atoms with E-state index in [-0.39, 0.29) is 6.61 Å². The number of benzene rings is 2. The Kier molecular flexibility index (Phi) is 6.09. The van der Waals surface area contributed by atoms with E-state index in [0.29, 0.717) is 23.0 Å². The van der Waals surface area contributed by atoms with Crippen LogP contribution in [0.15, 0.2) is 66.2 Å². The molecule has 0 unspecified atom stereocenters. The normalized spacial score (nSPS) is 11.3. The molecule has 4 aromatic rings. The predicted molar refractivity (Wildman–Crippen MR) is 128 cm³/mol. The molecule has 2 aromatic heterocycles. The molecule has 0 saturated heterocycles. The zero-order valence-corrected chi connectivity index (χ0v) is 17.7. The Morgan fingerprint density at radius 3 is 2.69 bits per heavy atom. The molecule has 8 nitrogen and oxygen atoms in total. The summed E-state index contributed by atoms with van der Waals surface area (Å²) >= 11 is 1.55. The maximum absolute atomic E-state index is 11.0. The van der Waals surface area contributed by atoms with Gasteiger partial charge in [0.1, 0.15) is 5.75 Å². The topological polar surface area (TPSA) is 140 Å². The quantitative estimate of drug-likeness (QED) is 0.304. The molecule has 4 rings (SSSR count). The number of primary amides is 1. The Labute approximate surface area is 188 Å². The number of carbonyl (C=O) groups excluding carboxylic acids is 1. The first-order chi connectivity index (χ1) is 15.6. The van der Waals surface area contributed by atoms with Crippen molar-refractivity contribution in [3.8, 4) is 17.1 Å². The molecule has 0 bridgehead atoms. The number of hydrogen-bond donors (Lipinski definition) is 4. The van der Waals surface area contributed by atoms with E-state index >= 15 is 0 Å². The fourth-order valence-electron chi connectivity index (χ4n) is 3.07. The Bertz CT molecular complexity index is 1310. The zero-order chi connectivity index (χ0) is 22.5. The highest BCUT2D eigenvalue weighted by Gasteiger charge is 2.12. The molecule has 2 aromatic carbocycles. The number of nitrogens with two attached hydrogens (primary N) is 2. The van der Waals surface area contributed by atoms with Crippen LogP contribution in [0.5, 0.6) is 5.75 Å². The summed E-state index contributed by atoms with van der Waals surface area (Å²) in [6, 6.07) is 16.7. The van der Waals surface area contributed by atoms with Crippen LogP contribution in [-0.4, -0.2) is 28.7 Å². The standard InChI is InChI=1S/C23H20N6O2S/c24-11-16(12-25)14-4-6-17(7-5-14)27-23-21-19(8-9-32-21)28-22(29-23)15-2-1-3-18(10-15)31-13-20(26)30/h1-12,24H,13,25H2,(H2,26,30)(H,27,28,29)/b16-12+,24-11?. The van der Waals surface area contributed by atoms with E-state index in [1.54, 1.807) is 23.5 Å². The lowest BCUT2D eigenvalue weighted by molar-refractivity contribution is -0.119. The van der Waals surface area contributed by atoms with Gasteiger partial charge in [0, 0.05) is 29.2 Å². The molecule has 1 amide bonds. The first-order valence-electron chi connectivity index (χ1n) is 9.64. The molecule has 9 heteroatoms. The maximum Gasteiger partial charge on any atom is 0.255 e. The summed E-state index contributed by atoms with van der Waals surface area (Å²) in [6.45, 7) is -0.199. The number of rotatable bonds is 8. The highest BCUT2D eigenvalue weighted by atomic mass is 32.1. The van der Waals surface area contributed by atoms with Crippen LogP contribution in [0.4, 0.5) is 11.5 Å². The summed E-state index contributed by atoms with van der Waals surface area (Å²) in [7, 11) is 0. The molecule has 0 aliphatic heterocycles. The highest BCUT2D eigenvalue weighted by Crippen LogP contribution is 2.32. The molecule has 160 valence electrons. The third kappa shape index (κ3) is 4.57. The Hall–Kier alpha value is -4.24. The summed E-state index contributed by atoms with van der Waals surface area (Å²) in [6.07, 6.45) is 2.62. The monoisotopic (exact) mass is 444 g/mol. The highest BCUT2D eigenvalue weighted by molar-refractivity contribution is 7.17. The van der Waals surface area contributed by atoms with Crippen molar-refractivity contribution in [2.24, 2.45) is 11.5 Å². The third-order valence-electron chi connectivity index (χ3n) is 4.59. The van der Waals surface area contributed by atoms with Gasteiger partial charge >= 0.3 is 0 Å². The second-order valence-corrected chi connectivity index (χ2v) is 7.70. The van der Waals surface area contributed by atoms with Crippen LogP contribution in [0.25, 0.3) is 27.2 Å². The Balaban J connectivity index is 1.66. The predicted octanol–water partition coefficient (Wildman–Crippen LogP) is 3.92.